The molecule has 2 rings (SSSR count). The number of rotatable bonds is 8. The molecular weight excluding hydrogens is 371 g/mol. The number of nitriles is 1. The second-order valence-electron chi connectivity index (χ2n) is 5.86. The van der Waals surface area contributed by atoms with E-state index in [9.17, 15) is 10.1 Å². The van der Waals surface area contributed by atoms with E-state index in [0.29, 0.717) is 30.3 Å². The van der Waals surface area contributed by atoms with Gasteiger partial charge in [-0.1, -0.05) is 0 Å². The number of carbonyl (C=O) groups excluding carboxylic acids is 1. The zero-order valence-electron chi connectivity index (χ0n) is 14.0. The summed E-state index contributed by atoms with van der Waals surface area (Å²) in [5.74, 6) is 0.893. The third-order valence-electron chi connectivity index (χ3n) is 3.53. The van der Waals surface area contributed by atoms with Gasteiger partial charge in [-0.25, -0.2) is 0 Å². The molecule has 0 aliphatic heterocycles. The molecule has 1 aromatic heterocycles. The maximum absolute atomic E-state index is 10.6. The molecule has 5 nitrogen and oxygen atoms in total. The van der Waals surface area contributed by atoms with Crippen LogP contribution >= 0.6 is 0 Å². The van der Waals surface area contributed by atoms with Gasteiger partial charge < -0.3 is 0 Å². The minimum atomic E-state index is -0.0797. The van der Waals surface area contributed by atoms with Crippen LogP contribution in [0.5, 0.6) is 5.75 Å². The average molecular weight is 391 g/mol. The van der Waals surface area contributed by atoms with Crippen LogP contribution in [-0.4, -0.2) is 39.2 Å². The van der Waals surface area contributed by atoms with Crippen molar-refractivity contribution >= 4 is 21.0 Å². The number of benzene rings is 1. The summed E-state index contributed by atoms with van der Waals surface area (Å²) in [6, 6.07) is 7.77. The first kappa shape index (κ1) is 18.3. The first-order valence-corrected chi connectivity index (χ1v) is 9.53. The molecule has 126 valence electrons. The van der Waals surface area contributed by atoms with Gasteiger partial charge in [0, 0.05) is 0 Å². The number of hydrogen-bond acceptors (Lipinski definition) is 5. The second-order valence-corrected chi connectivity index (χ2v) is 7.72. The van der Waals surface area contributed by atoms with E-state index in [4.69, 9.17) is 9.47 Å². The van der Waals surface area contributed by atoms with Crippen LogP contribution in [0.25, 0.3) is 0 Å². The molecule has 0 fully saturated rings. The van der Waals surface area contributed by atoms with Crippen molar-refractivity contribution in [3.8, 4) is 11.8 Å². The summed E-state index contributed by atoms with van der Waals surface area (Å²) < 4.78 is 11.9. The summed E-state index contributed by atoms with van der Waals surface area (Å²) >= 11 is 0.139. The van der Waals surface area contributed by atoms with Gasteiger partial charge in [0.05, 0.1) is 0 Å². The predicted octanol–water partition coefficient (Wildman–Crippen LogP) is 2.66. The molecular formula is C18H20N2O3Se. The fourth-order valence-electron chi connectivity index (χ4n) is 2.34. The van der Waals surface area contributed by atoms with Gasteiger partial charge in [-0.3, -0.25) is 0 Å². The van der Waals surface area contributed by atoms with Crippen molar-refractivity contribution in [2.75, 3.05) is 13.2 Å². The van der Waals surface area contributed by atoms with Gasteiger partial charge in [-0.15, -0.1) is 0 Å². The monoisotopic (exact) mass is 392 g/mol. The van der Waals surface area contributed by atoms with Crippen molar-refractivity contribution in [3.05, 3.63) is 44.5 Å². The average Bonchev–Trinajstić information content (AvgIpc) is 2.99. The van der Waals surface area contributed by atoms with Crippen molar-refractivity contribution in [2.45, 2.75) is 26.7 Å². The minimum absolute atomic E-state index is 0.0797. The van der Waals surface area contributed by atoms with E-state index in [0.717, 1.165) is 11.3 Å². The normalized spacial score (nSPS) is 11.8. The van der Waals surface area contributed by atoms with Crippen molar-refractivity contribution < 1.29 is 14.3 Å². The Hall–Kier alpha value is -2.09. The molecule has 0 radical (unpaired) electrons. The molecule has 24 heavy (non-hydrogen) atoms. The Bertz CT molecular complexity index is 734. The molecule has 0 bridgehead atoms. The molecule has 2 aromatic rings. The van der Waals surface area contributed by atoms with Crippen molar-refractivity contribution in [3.63, 3.8) is 0 Å². The van der Waals surface area contributed by atoms with Gasteiger partial charge in [0.25, 0.3) is 0 Å². The van der Waals surface area contributed by atoms with Crippen molar-refractivity contribution in [1.82, 2.24) is 4.98 Å². The number of ether oxygens (including phenoxy) is 2. The first-order chi connectivity index (χ1) is 11.6. The van der Waals surface area contributed by atoms with E-state index >= 15 is 0 Å². The summed E-state index contributed by atoms with van der Waals surface area (Å²) in [4.78, 5) is 15.0. The van der Waals surface area contributed by atoms with Crippen LogP contribution in [0.4, 0.5) is 0 Å². The number of nitrogens with zero attached hydrogens (tertiary/aromatic N) is 2. The van der Waals surface area contributed by atoms with E-state index in [1.807, 2.05) is 30.2 Å². The number of carbonyl (C=O) groups is 1. The molecule has 0 saturated carbocycles. The molecule has 0 aliphatic carbocycles. The fourth-order valence-corrected chi connectivity index (χ4v) is 4.26. The Labute approximate surface area is 148 Å². The van der Waals surface area contributed by atoms with Crippen LogP contribution < -0.4 is 4.74 Å². The third kappa shape index (κ3) is 4.47. The molecule has 0 N–H and O–H groups in total. The van der Waals surface area contributed by atoms with Gasteiger partial charge >= 0.3 is 148 Å². The van der Waals surface area contributed by atoms with E-state index in [-0.39, 0.29) is 27.0 Å². The quantitative estimate of drug-likeness (QED) is 0.511. The summed E-state index contributed by atoms with van der Waals surface area (Å²) in [5, 5.41) is 11.3. The molecule has 1 unspecified atom stereocenters. The number of aromatic nitrogens is 1. The molecule has 1 heterocycles. The standard InChI is InChI=1S/C18H20N2O3Se/c1-12(2)8-23-17-5-4-14(6-15(17)7-19)16(9-22-11-21)18-13(3)20-10-24-18/h4-6,10-12,16H,8-9H2,1-3H3. The SMILES string of the molecule is Cc1nc[se]c1C(COC=O)c1ccc(OCC(C)C)c(C#N)c1. The van der Waals surface area contributed by atoms with Gasteiger partial charge in [0.1, 0.15) is 0 Å². The molecule has 0 spiro atoms. The molecule has 1 aromatic carbocycles. The first-order valence-electron chi connectivity index (χ1n) is 7.68. The van der Waals surface area contributed by atoms with Gasteiger partial charge in [-0.05, 0) is 0 Å². The Morgan fingerprint density at radius 3 is 2.75 bits per heavy atom. The van der Waals surface area contributed by atoms with Crippen LogP contribution in [0.1, 0.15) is 41.0 Å². The molecule has 1 atom stereocenters. The van der Waals surface area contributed by atoms with E-state index < -0.39 is 0 Å². The summed E-state index contributed by atoms with van der Waals surface area (Å²) in [5.41, 5.74) is 2.40. The van der Waals surface area contributed by atoms with Gasteiger partial charge in [0.2, 0.25) is 0 Å². The van der Waals surface area contributed by atoms with Gasteiger partial charge in [-0.2, -0.15) is 0 Å². The predicted molar refractivity (Wildman–Crippen MR) is 91.3 cm³/mol. The molecule has 6 heteroatoms. The Morgan fingerprint density at radius 1 is 1.38 bits per heavy atom. The molecule has 0 saturated heterocycles. The van der Waals surface area contributed by atoms with Crippen molar-refractivity contribution in [1.29, 1.82) is 5.26 Å². The molecule has 0 aliphatic rings. The van der Waals surface area contributed by atoms with Gasteiger partial charge in [0.15, 0.2) is 0 Å². The van der Waals surface area contributed by atoms with Crippen molar-refractivity contribution in [2.24, 2.45) is 5.92 Å². The summed E-state index contributed by atoms with van der Waals surface area (Å²) in [7, 11) is 0. The van der Waals surface area contributed by atoms with Crippen LogP contribution in [0.3, 0.4) is 0 Å². The Balaban J connectivity index is 2.34. The molecule has 0 amide bonds. The fraction of sp³-hybridized carbons (Fsp3) is 0.389. The Kier molecular flexibility index (Phi) is 6.60. The van der Waals surface area contributed by atoms with Crippen LogP contribution in [0, 0.1) is 24.2 Å². The second kappa shape index (κ2) is 8.68. The third-order valence-corrected chi connectivity index (χ3v) is 5.72. The van der Waals surface area contributed by atoms with E-state index in [1.54, 1.807) is 0 Å². The summed E-state index contributed by atoms with van der Waals surface area (Å²) in [6.45, 7) is 7.34. The summed E-state index contributed by atoms with van der Waals surface area (Å²) in [6.07, 6.45) is 0. The zero-order valence-corrected chi connectivity index (χ0v) is 15.7. The number of hydrogen-bond donors (Lipinski definition) is 0. The van der Waals surface area contributed by atoms with Crippen LogP contribution in [-0.2, 0) is 9.53 Å². The Morgan fingerprint density at radius 2 is 2.17 bits per heavy atom. The number of aryl methyl sites for hydroxylation is 1. The van der Waals surface area contributed by atoms with E-state index in [1.165, 1.54) is 4.44 Å². The van der Waals surface area contributed by atoms with Crippen LogP contribution in [0.2, 0.25) is 0 Å². The maximum atomic E-state index is 10.6. The van der Waals surface area contributed by atoms with E-state index in [2.05, 4.69) is 24.9 Å². The van der Waals surface area contributed by atoms with Crippen LogP contribution in [0.15, 0.2) is 23.3 Å². The topological polar surface area (TPSA) is 72.2 Å². The zero-order chi connectivity index (χ0) is 17.5.